The number of fused-ring (bicyclic) bond motifs is 1. The van der Waals surface area contributed by atoms with E-state index in [-0.39, 0.29) is 0 Å². The molecule has 1 aromatic rings. The predicted molar refractivity (Wildman–Crippen MR) is 104 cm³/mol. The van der Waals surface area contributed by atoms with Crippen LogP contribution in [0.4, 0.5) is 0 Å². The highest BCUT2D eigenvalue weighted by Gasteiger charge is 2.42. The molecule has 4 nitrogen and oxygen atoms in total. The Balaban J connectivity index is 1.29. The second-order valence-electron chi connectivity index (χ2n) is 8.03. The molecule has 3 aliphatic heterocycles. The van der Waals surface area contributed by atoms with E-state index in [1.165, 1.54) is 30.4 Å². The fourth-order valence-corrected chi connectivity index (χ4v) is 5.53. The zero-order valence-electron chi connectivity index (χ0n) is 15.2. The standard InChI is InChI=1S/C21H27NO3S/c23-26-12-6-16(7-13-26)17-4-5-20-18(14-17)15-24-21(25-20)8-10-22(11-9-21)19-2-1-3-19/h4-6,14,19H,1-3,7-13,15H2. The molecule has 0 bridgehead atoms. The summed E-state index contributed by atoms with van der Waals surface area (Å²) in [5, 5.41) is 0. The molecule has 1 unspecified atom stereocenters. The Morgan fingerprint density at radius 1 is 1.19 bits per heavy atom. The van der Waals surface area contributed by atoms with E-state index in [2.05, 4.69) is 29.2 Å². The van der Waals surface area contributed by atoms with Gasteiger partial charge in [0.05, 0.1) is 6.61 Å². The zero-order chi connectivity index (χ0) is 17.6. The van der Waals surface area contributed by atoms with Crippen molar-refractivity contribution in [2.24, 2.45) is 0 Å². The van der Waals surface area contributed by atoms with Crippen molar-refractivity contribution in [3.63, 3.8) is 0 Å². The number of nitrogens with zero attached hydrogens (tertiary/aromatic N) is 1. The lowest BCUT2D eigenvalue weighted by molar-refractivity contribution is -0.231. The van der Waals surface area contributed by atoms with Crippen LogP contribution >= 0.6 is 0 Å². The van der Waals surface area contributed by atoms with Gasteiger partial charge in [-0.1, -0.05) is 18.6 Å². The third kappa shape index (κ3) is 3.14. The quantitative estimate of drug-likeness (QED) is 0.796. The molecule has 1 saturated heterocycles. The molecular weight excluding hydrogens is 346 g/mol. The van der Waals surface area contributed by atoms with Crippen molar-refractivity contribution >= 4 is 16.4 Å². The molecular formula is C21H27NO3S. The van der Waals surface area contributed by atoms with Crippen LogP contribution in [0.2, 0.25) is 0 Å². The van der Waals surface area contributed by atoms with Gasteiger partial charge in [-0.2, -0.15) is 0 Å². The van der Waals surface area contributed by atoms with Crippen LogP contribution in [-0.4, -0.2) is 45.5 Å². The van der Waals surface area contributed by atoms with Gasteiger partial charge in [-0.05, 0) is 42.5 Å². The molecule has 0 amide bonds. The van der Waals surface area contributed by atoms with E-state index >= 15 is 0 Å². The first-order chi connectivity index (χ1) is 12.7. The smallest absolute Gasteiger partial charge is 0.213 e. The van der Waals surface area contributed by atoms with Crippen molar-refractivity contribution in [1.82, 2.24) is 4.90 Å². The molecule has 26 heavy (non-hydrogen) atoms. The van der Waals surface area contributed by atoms with E-state index in [1.807, 2.05) is 0 Å². The number of allylic oxidation sites excluding steroid dienone is 1. The Morgan fingerprint density at radius 2 is 2.04 bits per heavy atom. The molecule has 140 valence electrons. The molecule has 1 atom stereocenters. The Kier molecular flexibility index (Phi) is 4.42. The van der Waals surface area contributed by atoms with Crippen molar-refractivity contribution < 1.29 is 13.7 Å². The molecule has 1 aromatic carbocycles. The van der Waals surface area contributed by atoms with Crippen LogP contribution in [0.25, 0.3) is 5.57 Å². The van der Waals surface area contributed by atoms with Gasteiger partial charge < -0.3 is 9.47 Å². The van der Waals surface area contributed by atoms with Gasteiger partial charge in [-0.25, -0.2) is 0 Å². The van der Waals surface area contributed by atoms with Gasteiger partial charge >= 0.3 is 0 Å². The van der Waals surface area contributed by atoms with Gasteiger partial charge in [0.2, 0.25) is 5.79 Å². The van der Waals surface area contributed by atoms with Crippen LogP contribution in [0.1, 0.15) is 49.7 Å². The van der Waals surface area contributed by atoms with E-state index in [0.717, 1.165) is 55.5 Å². The molecule has 5 heteroatoms. The van der Waals surface area contributed by atoms with Crippen LogP contribution in [0.15, 0.2) is 24.3 Å². The molecule has 0 radical (unpaired) electrons. The van der Waals surface area contributed by atoms with Gasteiger partial charge in [0, 0.05) is 59.8 Å². The summed E-state index contributed by atoms with van der Waals surface area (Å²) in [5.41, 5.74) is 3.67. The summed E-state index contributed by atoms with van der Waals surface area (Å²) in [6.45, 7) is 2.80. The Labute approximate surface area is 158 Å². The summed E-state index contributed by atoms with van der Waals surface area (Å²) in [6.07, 6.45) is 9.07. The number of ether oxygens (including phenoxy) is 2. The highest BCUT2D eigenvalue weighted by molar-refractivity contribution is 7.85. The molecule has 5 rings (SSSR count). The normalized spacial score (nSPS) is 28.8. The average Bonchev–Trinajstić information content (AvgIpc) is 2.63. The number of likely N-dealkylation sites (tertiary alicyclic amines) is 1. The van der Waals surface area contributed by atoms with E-state index in [9.17, 15) is 4.21 Å². The number of hydrogen-bond acceptors (Lipinski definition) is 4. The molecule has 1 spiro atoms. The first-order valence-corrected chi connectivity index (χ1v) is 11.4. The van der Waals surface area contributed by atoms with Crippen LogP contribution in [0.5, 0.6) is 5.75 Å². The molecule has 4 aliphatic rings. The zero-order valence-corrected chi connectivity index (χ0v) is 16.1. The topological polar surface area (TPSA) is 38.8 Å². The van der Waals surface area contributed by atoms with Gasteiger partial charge in [0.1, 0.15) is 5.75 Å². The number of piperidine rings is 1. The van der Waals surface area contributed by atoms with Gasteiger partial charge in [-0.3, -0.25) is 9.11 Å². The molecule has 0 N–H and O–H groups in total. The van der Waals surface area contributed by atoms with E-state index in [4.69, 9.17) is 9.47 Å². The van der Waals surface area contributed by atoms with Crippen molar-refractivity contribution in [3.8, 4) is 5.75 Å². The lowest BCUT2D eigenvalue weighted by Gasteiger charge is -2.47. The van der Waals surface area contributed by atoms with Gasteiger partial charge in [0.15, 0.2) is 0 Å². The predicted octanol–water partition coefficient (Wildman–Crippen LogP) is 3.48. The fourth-order valence-electron chi connectivity index (χ4n) is 4.52. The Morgan fingerprint density at radius 3 is 2.73 bits per heavy atom. The Hall–Kier alpha value is -1.17. The first-order valence-electron chi connectivity index (χ1n) is 9.95. The Bertz CT molecular complexity index is 748. The van der Waals surface area contributed by atoms with E-state index < -0.39 is 16.6 Å². The van der Waals surface area contributed by atoms with Crippen molar-refractivity contribution in [3.05, 3.63) is 35.4 Å². The summed E-state index contributed by atoms with van der Waals surface area (Å²) in [5.74, 6) is 2.02. The van der Waals surface area contributed by atoms with Crippen molar-refractivity contribution in [2.45, 2.75) is 57.0 Å². The minimum absolute atomic E-state index is 0.421. The monoisotopic (exact) mass is 373 g/mol. The SMILES string of the molecule is O=S1CC=C(c2ccc3c(c2)COC2(CCN(C4CCC4)CC2)O3)CC1. The molecule has 1 saturated carbocycles. The minimum atomic E-state index is -0.677. The maximum atomic E-state index is 11.6. The van der Waals surface area contributed by atoms with E-state index in [1.54, 1.807) is 0 Å². The maximum absolute atomic E-state index is 11.6. The lowest BCUT2D eigenvalue weighted by atomic mass is 9.89. The summed E-state index contributed by atoms with van der Waals surface area (Å²) in [4.78, 5) is 2.62. The second kappa shape index (κ2) is 6.77. The summed E-state index contributed by atoms with van der Waals surface area (Å²) >= 11 is 0. The molecule has 0 aromatic heterocycles. The van der Waals surface area contributed by atoms with E-state index in [0.29, 0.717) is 12.4 Å². The van der Waals surface area contributed by atoms with Crippen molar-refractivity contribution in [1.29, 1.82) is 0 Å². The van der Waals surface area contributed by atoms with Crippen LogP contribution < -0.4 is 4.74 Å². The third-order valence-electron chi connectivity index (χ3n) is 6.48. The number of hydrogen-bond donors (Lipinski definition) is 0. The third-order valence-corrected chi connectivity index (χ3v) is 7.68. The minimum Gasteiger partial charge on any atom is -0.462 e. The molecule has 3 heterocycles. The summed E-state index contributed by atoms with van der Waals surface area (Å²) in [7, 11) is -0.677. The molecule has 1 aliphatic carbocycles. The molecule has 2 fully saturated rings. The summed E-state index contributed by atoms with van der Waals surface area (Å²) < 4.78 is 24.2. The maximum Gasteiger partial charge on any atom is 0.213 e. The highest BCUT2D eigenvalue weighted by Crippen LogP contribution is 2.40. The fraction of sp³-hybridized carbons (Fsp3) is 0.619. The number of rotatable bonds is 2. The number of benzene rings is 1. The lowest BCUT2D eigenvalue weighted by Crippen LogP contribution is -2.54. The van der Waals surface area contributed by atoms with Gasteiger partial charge in [0.25, 0.3) is 0 Å². The van der Waals surface area contributed by atoms with Crippen LogP contribution in [0, 0.1) is 0 Å². The largest absolute Gasteiger partial charge is 0.462 e. The first kappa shape index (κ1) is 17.0. The average molecular weight is 374 g/mol. The summed E-state index contributed by atoms with van der Waals surface area (Å²) in [6, 6.07) is 7.27. The van der Waals surface area contributed by atoms with Gasteiger partial charge in [-0.15, -0.1) is 0 Å². The van der Waals surface area contributed by atoms with Crippen molar-refractivity contribution in [2.75, 3.05) is 24.6 Å². The second-order valence-corrected chi connectivity index (χ2v) is 9.66. The van der Waals surface area contributed by atoms with Crippen LogP contribution in [0.3, 0.4) is 0 Å². The highest BCUT2D eigenvalue weighted by atomic mass is 32.2. The van der Waals surface area contributed by atoms with Crippen LogP contribution in [-0.2, 0) is 22.1 Å².